The fraction of sp³-hybridized carbons (Fsp3) is 1.00. The van der Waals surface area contributed by atoms with E-state index < -0.39 is 0 Å². The maximum absolute atomic E-state index is 8.85. The minimum absolute atomic E-state index is 0.244. The molecule has 0 spiro atoms. The van der Waals surface area contributed by atoms with E-state index in [4.69, 9.17) is 9.84 Å². The standard InChI is InChI=1S/C15H31NO2/c1-2-3-4-5-6-7-8-9-10-15-13-16(11-12-17)14-18-15/h15,17H,2-14H2,1H3. The minimum atomic E-state index is 0.244. The summed E-state index contributed by atoms with van der Waals surface area (Å²) in [6.45, 7) is 4.99. The molecule has 1 fully saturated rings. The minimum Gasteiger partial charge on any atom is -0.395 e. The maximum Gasteiger partial charge on any atom is 0.0996 e. The molecule has 0 saturated carbocycles. The van der Waals surface area contributed by atoms with Crippen molar-refractivity contribution in [2.45, 2.75) is 70.8 Å². The maximum atomic E-state index is 8.85. The Kier molecular flexibility index (Phi) is 9.54. The lowest BCUT2D eigenvalue weighted by atomic mass is 10.1. The van der Waals surface area contributed by atoms with E-state index in [1.807, 2.05) is 0 Å². The SMILES string of the molecule is CCCCCCCCCCC1CN(CCO)CO1. The molecule has 0 radical (unpaired) electrons. The molecule has 3 heteroatoms. The van der Waals surface area contributed by atoms with E-state index in [0.29, 0.717) is 12.8 Å². The van der Waals surface area contributed by atoms with Crippen LogP contribution in [0.2, 0.25) is 0 Å². The lowest BCUT2D eigenvalue weighted by Crippen LogP contribution is -2.25. The van der Waals surface area contributed by atoms with Crippen LogP contribution >= 0.6 is 0 Å². The molecule has 1 heterocycles. The summed E-state index contributed by atoms with van der Waals surface area (Å²) in [5, 5.41) is 8.85. The van der Waals surface area contributed by atoms with Gasteiger partial charge in [-0.1, -0.05) is 58.3 Å². The Hall–Kier alpha value is -0.120. The van der Waals surface area contributed by atoms with Crippen molar-refractivity contribution in [3.63, 3.8) is 0 Å². The predicted molar refractivity (Wildman–Crippen MR) is 75.6 cm³/mol. The average Bonchev–Trinajstić information content (AvgIpc) is 2.81. The molecule has 108 valence electrons. The summed E-state index contributed by atoms with van der Waals surface area (Å²) in [6.07, 6.45) is 12.6. The summed E-state index contributed by atoms with van der Waals surface area (Å²) in [4.78, 5) is 2.19. The van der Waals surface area contributed by atoms with E-state index >= 15 is 0 Å². The fourth-order valence-electron chi connectivity index (χ4n) is 2.58. The molecule has 0 bridgehead atoms. The van der Waals surface area contributed by atoms with Crippen LogP contribution in [0.25, 0.3) is 0 Å². The number of β-amino-alcohol motifs (C(OH)–C–C–N with tert-alkyl or cyclic N) is 1. The van der Waals surface area contributed by atoms with E-state index in [-0.39, 0.29) is 6.61 Å². The Morgan fingerprint density at radius 2 is 1.72 bits per heavy atom. The van der Waals surface area contributed by atoms with Crippen molar-refractivity contribution in [1.82, 2.24) is 4.90 Å². The summed E-state index contributed by atoms with van der Waals surface area (Å²) in [7, 11) is 0. The van der Waals surface area contributed by atoms with Crippen LogP contribution in [-0.2, 0) is 4.74 Å². The van der Waals surface area contributed by atoms with Crippen LogP contribution in [0.15, 0.2) is 0 Å². The van der Waals surface area contributed by atoms with Crippen LogP contribution in [0.5, 0.6) is 0 Å². The Morgan fingerprint density at radius 1 is 1.06 bits per heavy atom. The molecule has 0 aliphatic carbocycles. The van der Waals surface area contributed by atoms with Gasteiger partial charge in [0, 0.05) is 13.1 Å². The Labute approximate surface area is 113 Å². The largest absolute Gasteiger partial charge is 0.395 e. The normalized spacial score (nSPS) is 20.7. The third-order valence-electron chi connectivity index (χ3n) is 3.75. The van der Waals surface area contributed by atoms with Crippen LogP contribution < -0.4 is 0 Å². The lowest BCUT2D eigenvalue weighted by molar-refractivity contribution is 0.0789. The molecule has 3 nitrogen and oxygen atoms in total. The highest BCUT2D eigenvalue weighted by Crippen LogP contribution is 2.16. The topological polar surface area (TPSA) is 32.7 Å². The number of ether oxygens (including phenoxy) is 1. The molecular formula is C15H31NO2. The Balaban J connectivity index is 1.84. The molecule has 0 aromatic carbocycles. The van der Waals surface area contributed by atoms with Gasteiger partial charge in [-0.25, -0.2) is 0 Å². The Bertz CT molecular complexity index is 187. The van der Waals surface area contributed by atoms with Gasteiger partial charge in [0.2, 0.25) is 0 Å². The number of aliphatic hydroxyl groups excluding tert-OH is 1. The third-order valence-corrected chi connectivity index (χ3v) is 3.75. The van der Waals surface area contributed by atoms with Gasteiger partial charge in [0.1, 0.15) is 0 Å². The van der Waals surface area contributed by atoms with Crippen molar-refractivity contribution in [1.29, 1.82) is 0 Å². The molecule has 18 heavy (non-hydrogen) atoms. The second-order valence-corrected chi connectivity index (χ2v) is 5.48. The molecule has 1 N–H and O–H groups in total. The van der Waals surface area contributed by atoms with E-state index in [1.165, 1.54) is 57.8 Å². The summed E-state index contributed by atoms with van der Waals surface area (Å²) in [5.74, 6) is 0. The summed E-state index contributed by atoms with van der Waals surface area (Å²) in [6, 6.07) is 0. The lowest BCUT2D eigenvalue weighted by Gasteiger charge is -2.11. The summed E-state index contributed by atoms with van der Waals surface area (Å²) < 4.78 is 5.69. The number of unbranched alkanes of at least 4 members (excludes halogenated alkanes) is 7. The van der Waals surface area contributed by atoms with Crippen molar-refractivity contribution in [2.24, 2.45) is 0 Å². The first kappa shape index (κ1) is 15.9. The van der Waals surface area contributed by atoms with E-state index in [2.05, 4.69) is 11.8 Å². The quantitative estimate of drug-likeness (QED) is 0.577. The van der Waals surface area contributed by atoms with Crippen molar-refractivity contribution in [2.75, 3.05) is 26.4 Å². The number of hydrogen-bond donors (Lipinski definition) is 1. The number of hydrogen-bond acceptors (Lipinski definition) is 3. The molecular weight excluding hydrogens is 226 g/mol. The van der Waals surface area contributed by atoms with Gasteiger partial charge in [-0.15, -0.1) is 0 Å². The monoisotopic (exact) mass is 257 g/mol. The number of rotatable bonds is 11. The van der Waals surface area contributed by atoms with Crippen molar-refractivity contribution in [3.05, 3.63) is 0 Å². The molecule has 1 aliphatic heterocycles. The zero-order valence-electron chi connectivity index (χ0n) is 12.1. The highest BCUT2D eigenvalue weighted by Gasteiger charge is 2.21. The second kappa shape index (κ2) is 10.8. The van der Waals surface area contributed by atoms with E-state index in [0.717, 1.165) is 13.1 Å². The van der Waals surface area contributed by atoms with Gasteiger partial charge in [0.15, 0.2) is 0 Å². The van der Waals surface area contributed by atoms with Crippen LogP contribution in [-0.4, -0.2) is 42.5 Å². The van der Waals surface area contributed by atoms with Gasteiger partial charge >= 0.3 is 0 Å². The summed E-state index contributed by atoms with van der Waals surface area (Å²) >= 11 is 0. The van der Waals surface area contributed by atoms with Gasteiger partial charge in [0.25, 0.3) is 0 Å². The zero-order chi connectivity index (χ0) is 13.1. The fourth-order valence-corrected chi connectivity index (χ4v) is 2.58. The highest BCUT2D eigenvalue weighted by atomic mass is 16.5. The van der Waals surface area contributed by atoms with Crippen LogP contribution in [0.4, 0.5) is 0 Å². The van der Waals surface area contributed by atoms with Gasteiger partial charge in [-0.3, -0.25) is 4.90 Å². The van der Waals surface area contributed by atoms with Gasteiger partial charge < -0.3 is 9.84 Å². The molecule has 1 aliphatic rings. The molecule has 1 unspecified atom stereocenters. The van der Waals surface area contributed by atoms with E-state index in [9.17, 15) is 0 Å². The molecule has 0 aromatic rings. The van der Waals surface area contributed by atoms with Gasteiger partial charge in [-0.2, -0.15) is 0 Å². The number of aliphatic hydroxyl groups is 1. The first-order valence-corrected chi connectivity index (χ1v) is 7.81. The zero-order valence-corrected chi connectivity index (χ0v) is 12.1. The molecule has 1 saturated heterocycles. The molecule has 0 aromatic heterocycles. The smallest absolute Gasteiger partial charge is 0.0996 e. The Morgan fingerprint density at radius 3 is 2.39 bits per heavy atom. The van der Waals surface area contributed by atoms with Gasteiger partial charge in [-0.05, 0) is 6.42 Å². The van der Waals surface area contributed by atoms with Crippen LogP contribution in [0.1, 0.15) is 64.7 Å². The predicted octanol–water partition coefficient (Wildman–Crippen LogP) is 3.17. The molecule has 1 atom stereocenters. The second-order valence-electron chi connectivity index (χ2n) is 5.48. The first-order valence-electron chi connectivity index (χ1n) is 7.81. The third kappa shape index (κ3) is 7.34. The van der Waals surface area contributed by atoms with E-state index in [1.54, 1.807) is 0 Å². The van der Waals surface area contributed by atoms with Crippen LogP contribution in [0.3, 0.4) is 0 Å². The number of nitrogens with zero attached hydrogens (tertiary/aromatic N) is 1. The molecule has 0 amide bonds. The summed E-state index contributed by atoms with van der Waals surface area (Å²) in [5.41, 5.74) is 0. The van der Waals surface area contributed by atoms with Crippen molar-refractivity contribution >= 4 is 0 Å². The highest BCUT2D eigenvalue weighted by molar-refractivity contribution is 4.70. The average molecular weight is 257 g/mol. The van der Waals surface area contributed by atoms with Gasteiger partial charge in [0.05, 0.1) is 19.4 Å². The van der Waals surface area contributed by atoms with Crippen molar-refractivity contribution < 1.29 is 9.84 Å². The van der Waals surface area contributed by atoms with Crippen LogP contribution in [0, 0.1) is 0 Å². The van der Waals surface area contributed by atoms with Crippen molar-refractivity contribution in [3.8, 4) is 0 Å². The molecule has 1 rings (SSSR count). The first-order chi connectivity index (χ1) is 8.86.